The van der Waals surface area contributed by atoms with Crippen LogP contribution in [0.3, 0.4) is 0 Å². The van der Waals surface area contributed by atoms with Crippen LogP contribution < -0.4 is 5.56 Å². The van der Waals surface area contributed by atoms with E-state index in [2.05, 4.69) is 19.1 Å². The van der Waals surface area contributed by atoms with E-state index in [1.807, 2.05) is 42.5 Å². The molecule has 2 aromatic heterocycles. The molecule has 0 aliphatic carbocycles. The van der Waals surface area contributed by atoms with Gasteiger partial charge in [0.15, 0.2) is 0 Å². The fourth-order valence-electron chi connectivity index (χ4n) is 3.47. The number of aromatic nitrogens is 2. The van der Waals surface area contributed by atoms with Crippen LogP contribution in [0.4, 0.5) is 0 Å². The summed E-state index contributed by atoms with van der Waals surface area (Å²) in [6.07, 6.45) is 0. The van der Waals surface area contributed by atoms with Crippen molar-refractivity contribution in [2.45, 2.75) is 6.92 Å². The van der Waals surface area contributed by atoms with Gasteiger partial charge in [0.1, 0.15) is 5.65 Å². The summed E-state index contributed by atoms with van der Waals surface area (Å²) in [5.74, 6) is 0. The standard InChI is InChI=1S/C19H12N2O/c1-11-9-10-12-5-4-6-13-17(12)16(11)18-20-14-7-2-3-8-15(14)21(18)19(13)22/h2-10H,1H3. The quantitative estimate of drug-likeness (QED) is 0.432. The van der Waals surface area contributed by atoms with Crippen LogP contribution in [-0.4, -0.2) is 9.38 Å². The zero-order valence-corrected chi connectivity index (χ0v) is 12.0. The van der Waals surface area contributed by atoms with Gasteiger partial charge in [-0.05, 0) is 36.1 Å². The largest absolute Gasteiger partial charge is 0.268 e. The fraction of sp³-hybridized carbons (Fsp3) is 0.0526. The molecule has 5 aromatic rings. The van der Waals surface area contributed by atoms with E-state index in [4.69, 9.17) is 4.98 Å². The van der Waals surface area contributed by atoms with E-state index >= 15 is 0 Å². The molecule has 0 amide bonds. The van der Waals surface area contributed by atoms with Crippen molar-refractivity contribution >= 4 is 38.2 Å². The third kappa shape index (κ3) is 1.26. The van der Waals surface area contributed by atoms with Crippen molar-refractivity contribution in [3.05, 3.63) is 70.5 Å². The third-order valence-corrected chi connectivity index (χ3v) is 4.47. The van der Waals surface area contributed by atoms with Crippen molar-refractivity contribution in [3.8, 4) is 0 Å². The van der Waals surface area contributed by atoms with Crippen LogP contribution in [0.2, 0.25) is 0 Å². The van der Waals surface area contributed by atoms with Gasteiger partial charge in [-0.1, -0.05) is 36.4 Å². The highest BCUT2D eigenvalue weighted by molar-refractivity contribution is 6.16. The van der Waals surface area contributed by atoms with Crippen molar-refractivity contribution in [2.75, 3.05) is 0 Å². The van der Waals surface area contributed by atoms with Gasteiger partial charge in [-0.25, -0.2) is 4.98 Å². The van der Waals surface area contributed by atoms with Gasteiger partial charge in [0, 0.05) is 16.2 Å². The minimum atomic E-state index is 0.00685. The Kier molecular flexibility index (Phi) is 2.03. The lowest BCUT2D eigenvalue weighted by Crippen LogP contribution is -2.13. The Labute approximate surface area is 125 Å². The maximum absolute atomic E-state index is 13.0. The van der Waals surface area contributed by atoms with Gasteiger partial charge in [0.2, 0.25) is 0 Å². The Balaban J connectivity index is 2.29. The lowest BCUT2D eigenvalue weighted by molar-refractivity contribution is 1.19. The van der Waals surface area contributed by atoms with Crippen molar-refractivity contribution < 1.29 is 0 Å². The van der Waals surface area contributed by atoms with Crippen LogP contribution in [0.25, 0.3) is 38.2 Å². The zero-order valence-electron chi connectivity index (χ0n) is 12.0. The van der Waals surface area contributed by atoms with E-state index in [1.165, 1.54) is 0 Å². The highest BCUT2D eigenvalue weighted by Crippen LogP contribution is 2.31. The summed E-state index contributed by atoms with van der Waals surface area (Å²) in [7, 11) is 0. The lowest BCUT2D eigenvalue weighted by atomic mass is 9.99. The summed E-state index contributed by atoms with van der Waals surface area (Å²) < 4.78 is 1.75. The summed E-state index contributed by atoms with van der Waals surface area (Å²) in [5, 5.41) is 3.94. The molecule has 3 heteroatoms. The number of hydrogen-bond donors (Lipinski definition) is 0. The minimum absolute atomic E-state index is 0.00685. The van der Waals surface area contributed by atoms with Crippen molar-refractivity contribution in [1.29, 1.82) is 0 Å². The monoisotopic (exact) mass is 284 g/mol. The second kappa shape index (κ2) is 3.83. The van der Waals surface area contributed by atoms with Gasteiger partial charge in [0.25, 0.3) is 5.56 Å². The number of aryl methyl sites for hydroxylation is 1. The molecule has 0 aliphatic heterocycles. The number of hydrogen-bond acceptors (Lipinski definition) is 2. The Hall–Kier alpha value is -2.94. The van der Waals surface area contributed by atoms with E-state index in [-0.39, 0.29) is 5.56 Å². The van der Waals surface area contributed by atoms with E-state index in [0.29, 0.717) is 0 Å². The van der Waals surface area contributed by atoms with Crippen LogP contribution in [0.5, 0.6) is 0 Å². The third-order valence-electron chi connectivity index (χ3n) is 4.47. The van der Waals surface area contributed by atoms with E-state index in [9.17, 15) is 4.79 Å². The SMILES string of the molecule is Cc1ccc2cccc3c(=O)n4c5ccccc5nc4c1c23. The predicted octanol–water partition coefficient (Wildman–Crippen LogP) is 3.90. The molecule has 0 radical (unpaired) electrons. The molecule has 0 spiro atoms. The molecule has 3 aromatic carbocycles. The molecule has 3 nitrogen and oxygen atoms in total. The van der Waals surface area contributed by atoms with Gasteiger partial charge >= 0.3 is 0 Å². The number of imidazole rings is 1. The summed E-state index contributed by atoms with van der Waals surface area (Å²) in [5.41, 5.74) is 3.63. The average Bonchev–Trinajstić information content (AvgIpc) is 2.92. The first-order valence-electron chi connectivity index (χ1n) is 7.30. The van der Waals surface area contributed by atoms with Crippen LogP contribution in [0, 0.1) is 6.92 Å². The highest BCUT2D eigenvalue weighted by Gasteiger charge is 2.16. The predicted molar refractivity (Wildman–Crippen MR) is 89.9 cm³/mol. The van der Waals surface area contributed by atoms with Gasteiger partial charge in [-0.3, -0.25) is 9.20 Å². The summed E-state index contributed by atoms with van der Waals surface area (Å²) in [6.45, 7) is 2.07. The zero-order chi connectivity index (χ0) is 14.8. The first-order chi connectivity index (χ1) is 10.8. The fourth-order valence-corrected chi connectivity index (χ4v) is 3.47. The molecule has 2 heterocycles. The van der Waals surface area contributed by atoms with Crippen LogP contribution in [0.15, 0.2) is 59.4 Å². The summed E-state index contributed by atoms with van der Waals surface area (Å²) in [6, 6.07) is 17.9. The van der Waals surface area contributed by atoms with E-state index < -0.39 is 0 Å². The first-order valence-corrected chi connectivity index (χ1v) is 7.30. The molecule has 0 unspecified atom stereocenters. The number of para-hydroxylation sites is 2. The number of pyridine rings is 1. The molecule has 0 saturated carbocycles. The Morgan fingerprint density at radius 3 is 2.68 bits per heavy atom. The molecule has 0 N–H and O–H groups in total. The van der Waals surface area contributed by atoms with Gasteiger partial charge in [-0.2, -0.15) is 0 Å². The topological polar surface area (TPSA) is 34.4 Å². The molecule has 0 saturated heterocycles. The second-order valence-corrected chi connectivity index (χ2v) is 5.73. The van der Waals surface area contributed by atoms with Crippen molar-refractivity contribution in [3.63, 3.8) is 0 Å². The van der Waals surface area contributed by atoms with E-state index in [1.54, 1.807) is 4.40 Å². The van der Waals surface area contributed by atoms with Crippen molar-refractivity contribution in [2.24, 2.45) is 0 Å². The van der Waals surface area contributed by atoms with Crippen molar-refractivity contribution in [1.82, 2.24) is 9.38 Å². The Morgan fingerprint density at radius 2 is 1.77 bits per heavy atom. The normalized spacial score (nSPS) is 12.0. The Bertz CT molecular complexity index is 1250. The maximum Gasteiger partial charge on any atom is 0.264 e. The minimum Gasteiger partial charge on any atom is -0.268 e. The molecule has 0 atom stereocenters. The number of rotatable bonds is 0. The van der Waals surface area contributed by atoms with Gasteiger partial charge in [-0.15, -0.1) is 0 Å². The molecule has 104 valence electrons. The van der Waals surface area contributed by atoms with Gasteiger partial charge < -0.3 is 0 Å². The first kappa shape index (κ1) is 11.7. The molecular formula is C19H12N2O. The number of nitrogens with zero attached hydrogens (tertiary/aromatic N) is 2. The molecule has 0 bridgehead atoms. The smallest absolute Gasteiger partial charge is 0.264 e. The summed E-state index contributed by atoms with van der Waals surface area (Å²) >= 11 is 0. The van der Waals surface area contributed by atoms with Crippen LogP contribution in [0.1, 0.15) is 5.56 Å². The molecule has 0 aliphatic rings. The average molecular weight is 284 g/mol. The molecule has 22 heavy (non-hydrogen) atoms. The summed E-state index contributed by atoms with van der Waals surface area (Å²) in [4.78, 5) is 17.7. The molecule has 0 fully saturated rings. The number of benzene rings is 3. The van der Waals surface area contributed by atoms with Gasteiger partial charge in [0.05, 0.1) is 11.0 Å². The number of fused-ring (bicyclic) bond motifs is 4. The second-order valence-electron chi connectivity index (χ2n) is 5.73. The Morgan fingerprint density at radius 1 is 0.909 bits per heavy atom. The van der Waals surface area contributed by atoms with E-state index in [0.717, 1.165) is 43.8 Å². The van der Waals surface area contributed by atoms with Crippen LogP contribution in [-0.2, 0) is 0 Å². The maximum atomic E-state index is 13.0. The molecular weight excluding hydrogens is 272 g/mol. The highest BCUT2D eigenvalue weighted by atomic mass is 16.1. The van der Waals surface area contributed by atoms with Crippen LogP contribution >= 0.6 is 0 Å². The molecule has 5 rings (SSSR count). The lowest BCUT2D eigenvalue weighted by Gasteiger charge is -2.09.